The topological polar surface area (TPSA) is 121 Å². The first-order chi connectivity index (χ1) is 9.16. The number of aromatic nitrogens is 3. The summed E-state index contributed by atoms with van der Waals surface area (Å²) in [5.74, 6) is -1.23. The molecule has 0 aliphatic heterocycles. The fourth-order valence-corrected chi connectivity index (χ4v) is 1.47. The van der Waals surface area contributed by atoms with E-state index in [0.29, 0.717) is 19.4 Å². The Hall–Kier alpha value is -2.64. The second-order valence-electron chi connectivity index (χ2n) is 3.78. The highest BCUT2D eigenvalue weighted by atomic mass is 16.5. The number of amides is 1. The molecule has 2 aromatic rings. The SMILES string of the molecule is O=C(NCCCc1ncc[nH]1)c1cc(C(=O)O)on1. The molecule has 8 heteroatoms. The zero-order valence-electron chi connectivity index (χ0n) is 9.92. The van der Waals surface area contributed by atoms with E-state index in [1.54, 1.807) is 12.4 Å². The number of carbonyl (C=O) groups is 2. The number of H-pyrrole nitrogens is 1. The van der Waals surface area contributed by atoms with Crippen molar-refractivity contribution in [2.24, 2.45) is 0 Å². The van der Waals surface area contributed by atoms with Crippen LogP contribution in [0.3, 0.4) is 0 Å². The van der Waals surface area contributed by atoms with Crippen molar-refractivity contribution in [1.82, 2.24) is 20.4 Å². The quantitative estimate of drug-likeness (QED) is 0.651. The highest BCUT2D eigenvalue weighted by molar-refractivity contribution is 5.94. The summed E-state index contributed by atoms with van der Waals surface area (Å²) in [6, 6.07) is 1.09. The monoisotopic (exact) mass is 264 g/mol. The van der Waals surface area contributed by atoms with Gasteiger partial charge >= 0.3 is 5.97 Å². The molecule has 2 rings (SSSR count). The normalized spacial score (nSPS) is 10.3. The Morgan fingerprint density at radius 2 is 2.32 bits per heavy atom. The Morgan fingerprint density at radius 3 is 2.95 bits per heavy atom. The molecular formula is C11H12N4O4. The van der Waals surface area contributed by atoms with E-state index >= 15 is 0 Å². The Bertz CT molecular complexity index is 561. The Morgan fingerprint density at radius 1 is 1.47 bits per heavy atom. The predicted molar refractivity (Wildman–Crippen MR) is 62.7 cm³/mol. The van der Waals surface area contributed by atoms with Gasteiger partial charge in [0.25, 0.3) is 5.91 Å². The fraction of sp³-hybridized carbons (Fsp3) is 0.273. The van der Waals surface area contributed by atoms with Gasteiger partial charge in [-0.3, -0.25) is 4.79 Å². The van der Waals surface area contributed by atoms with E-state index in [9.17, 15) is 9.59 Å². The van der Waals surface area contributed by atoms with E-state index in [-0.39, 0.29) is 11.5 Å². The van der Waals surface area contributed by atoms with Gasteiger partial charge in [-0.25, -0.2) is 9.78 Å². The molecule has 0 fully saturated rings. The number of carbonyl (C=O) groups excluding carboxylic acids is 1. The Labute approximate surface area is 107 Å². The van der Waals surface area contributed by atoms with Crippen molar-refractivity contribution in [2.75, 3.05) is 6.54 Å². The molecule has 0 saturated carbocycles. The van der Waals surface area contributed by atoms with Gasteiger partial charge in [0.05, 0.1) is 0 Å². The molecular weight excluding hydrogens is 252 g/mol. The summed E-state index contributed by atoms with van der Waals surface area (Å²) < 4.78 is 4.49. The minimum absolute atomic E-state index is 0.0459. The Balaban J connectivity index is 1.76. The third kappa shape index (κ3) is 3.41. The van der Waals surface area contributed by atoms with E-state index < -0.39 is 11.9 Å². The minimum Gasteiger partial charge on any atom is -0.475 e. The fourth-order valence-electron chi connectivity index (χ4n) is 1.47. The van der Waals surface area contributed by atoms with Crippen molar-refractivity contribution in [1.29, 1.82) is 0 Å². The first kappa shape index (κ1) is 12.8. The number of carboxylic acid groups (broad SMARTS) is 1. The second-order valence-corrected chi connectivity index (χ2v) is 3.78. The van der Waals surface area contributed by atoms with E-state index in [0.717, 1.165) is 11.9 Å². The lowest BCUT2D eigenvalue weighted by Crippen LogP contribution is -2.25. The van der Waals surface area contributed by atoms with Crippen LogP contribution in [0.4, 0.5) is 0 Å². The summed E-state index contributed by atoms with van der Waals surface area (Å²) >= 11 is 0. The van der Waals surface area contributed by atoms with Crippen molar-refractivity contribution in [2.45, 2.75) is 12.8 Å². The van der Waals surface area contributed by atoms with Crippen molar-refractivity contribution < 1.29 is 19.2 Å². The maximum Gasteiger partial charge on any atom is 0.374 e. The van der Waals surface area contributed by atoms with Gasteiger partial charge < -0.3 is 19.9 Å². The van der Waals surface area contributed by atoms with Gasteiger partial charge in [-0.15, -0.1) is 0 Å². The van der Waals surface area contributed by atoms with Crippen molar-refractivity contribution in [3.05, 3.63) is 35.7 Å². The molecule has 0 bridgehead atoms. The number of nitrogens with zero attached hydrogens (tertiary/aromatic N) is 2. The van der Waals surface area contributed by atoms with Crippen LogP contribution < -0.4 is 5.32 Å². The first-order valence-corrected chi connectivity index (χ1v) is 5.63. The van der Waals surface area contributed by atoms with Crippen LogP contribution in [0.25, 0.3) is 0 Å². The largest absolute Gasteiger partial charge is 0.475 e. The summed E-state index contributed by atoms with van der Waals surface area (Å²) in [6.45, 7) is 0.439. The maximum absolute atomic E-state index is 11.6. The molecule has 3 N–H and O–H groups in total. The Kier molecular flexibility index (Phi) is 3.91. The number of aromatic carboxylic acids is 1. The van der Waals surface area contributed by atoms with Gasteiger partial charge in [0.2, 0.25) is 5.76 Å². The number of nitrogens with one attached hydrogen (secondary N) is 2. The predicted octanol–water partition coefficient (Wildman–Crippen LogP) is 0.458. The lowest BCUT2D eigenvalue weighted by Gasteiger charge is -2.01. The van der Waals surface area contributed by atoms with Gasteiger partial charge in [0.15, 0.2) is 5.69 Å². The third-order valence-electron chi connectivity index (χ3n) is 2.38. The van der Waals surface area contributed by atoms with Crippen LogP contribution >= 0.6 is 0 Å². The standard InChI is InChI=1S/C11H12N4O4/c16-10(7-6-8(11(17)18)19-15-7)14-3-1-2-9-12-4-5-13-9/h4-6H,1-3H2,(H,12,13)(H,14,16)(H,17,18). The van der Waals surface area contributed by atoms with Crippen LogP contribution in [-0.2, 0) is 6.42 Å². The third-order valence-corrected chi connectivity index (χ3v) is 2.38. The van der Waals surface area contributed by atoms with E-state index in [1.807, 2.05) is 0 Å². The van der Waals surface area contributed by atoms with Crippen LogP contribution in [0.5, 0.6) is 0 Å². The van der Waals surface area contributed by atoms with Gasteiger partial charge in [0.1, 0.15) is 5.82 Å². The molecule has 2 aromatic heterocycles. The second kappa shape index (κ2) is 5.80. The van der Waals surface area contributed by atoms with Crippen molar-refractivity contribution in [3.8, 4) is 0 Å². The molecule has 0 saturated heterocycles. The van der Waals surface area contributed by atoms with Crippen LogP contribution in [-0.4, -0.2) is 38.7 Å². The number of carboxylic acids is 1. The summed E-state index contributed by atoms with van der Waals surface area (Å²) in [7, 11) is 0. The van der Waals surface area contributed by atoms with E-state index in [4.69, 9.17) is 5.11 Å². The lowest BCUT2D eigenvalue weighted by atomic mass is 10.3. The summed E-state index contributed by atoms with van der Waals surface area (Å²) in [5, 5.41) is 14.6. The summed E-state index contributed by atoms with van der Waals surface area (Å²) in [4.78, 5) is 29.2. The van der Waals surface area contributed by atoms with Crippen molar-refractivity contribution >= 4 is 11.9 Å². The van der Waals surface area contributed by atoms with Crippen LogP contribution in [0, 0.1) is 0 Å². The molecule has 2 heterocycles. The molecule has 100 valence electrons. The number of hydrogen-bond donors (Lipinski definition) is 3. The molecule has 19 heavy (non-hydrogen) atoms. The molecule has 0 aromatic carbocycles. The van der Waals surface area contributed by atoms with Gasteiger partial charge in [-0.1, -0.05) is 5.16 Å². The zero-order valence-corrected chi connectivity index (χ0v) is 9.92. The summed E-state index contributed by atoms with van der Waals surface area (Å²) in [6.07, 6.45) is 4.82. The van der Waals surface area contributed by atoms with Crippen LogP contribution in [0.15, 0.2) is 23.0 Å². The van der Waals surface area contributed by atoms with Crippen LogP contribution in [0.2, 0.25) is 0 Å². The number of rotatable bonds is 6. The average molecular weight is 264 g/mol. The molecule has 8 nitrogen and oxygen atoms in total. The minimum atomic E-state index is -1.26. The van der Waals surface area contributed by atoms with Gasteiger partial charge in [0, 0.05) is 31.4 Å². The lowest BCUT2D eigenvalue weighted by molar-refractivity contribution is 0.0651. The molecule has 0 radical (unpaired) electrons. The number of aromatic amines is 1. The molecule has 0 spiro atoms. The van der Waals surface area contributed by atoms with E-state index in [2.05, 4.69) is 25.0 Å². The average Bonchev–Trinajstić information content (AvgIpc) is 3.05. The van der Waals surface area contributed by atoms with Crippen molar-refractivity contribution in [3.63, 3.8) is 0 Å². The number of imidazole rings is 1. The number of hydrogen-bond acceptors (Lipinski definition) is 5. The number of aryl methyl sites for hydroxylation is 1. The van der Waals surface area contributed by atoms with Gasteiger partial charge in [-0.2, -0.15) is 0 Å². The van der Waals surface area contributed by atoms with Crippen LogP contribution in [0.1, 0.15) is 33.3 Å². The highest BCUT2D eigenvalue weighted by Crippen LogP contribution is 2.03. The molecule has 1 amide bonds. The molecule has 0 atom stereocenters. The maximum atomic E-state index is 11.6. The smallest absolute Gasteiger partial charge is 0.374 e. The first-order valence-electron chi connectivity index (χ1n) is 5.63. The zero-order chi connectivity index (χ0) is 13.7. The van der Waals surface area contributed by atoms with Gasteiger partial charge in [-0.05, 0) is 6.42 Å². The molecule has 0 aliphatic rings. The molecule has 0 unspecified atom stereocenters. The highest BCUT2D eigenvalue weighted by Gasteiger charge is 2.15. The van der Waals surface area contributed by atoms with E-state index in [1.165, 1.54) is 0 Å². The molecule has 0 aliphatic carbocycles. The summed E-state index contributed by atoms with van der Waals surface area (Å²) in [5.41, 5.74) is -0.0459.